The topological polar surface area (TPSA) is 58.1 Å². The lowest BCUT2D eigenvalue weighted by Crippen LogP contribution is -2.25. The molecule has 1 N–H and O–H groups in total. The Balaban J connectivity index is 1.63. The van der Waals surface area contributed by atoms with Crippen molar-refractivity contribution in [1.82, 2.24) is 14.9 Å². The van der Waals surface area contributed by atoms with Crippen LogP contribution in [-0.4, -0.2) is 34.4 Å². The third kappa shape index (κ3) is 3.28. The summed E-state index contributed by atoms with van der Waals surface area (Å²) in [6.07, 6.45) is 1.55. The van der Waals surface area contributed by atoms with Crippen molar-refractivity contribution in [1.29, 1.82) is 0 Å². The maximum absolute atomic E-state index is 13.1. The second-order valence-corrected chi connectivity index (χ2v) is 8.57. The molecule has 5 nitrogen and oxygen atoms in total. The highest BCUT2D eigenvalue weighted by molar-refractivity contribution is 7.20. The number of anilines is 1. The lowest BCUT2D eigenvalue weighted by molar-refractivity contribution is 0.0790. The number of carbonyl (C=O) groups excluding carboxylic acids is 1. The normalized spacial score (nSPS) is 11.2. The number of nitrogens with one attached hydrogen (secondary N) is 1. The van der Waals surface area contributed by atoms with E-state index < -0.39 is 0 Å². The molecule has 1 amide bonds. The smallest absolute Gasteiger partial charge is 0.264 e. The highest BCUT2D eigenvalue weighted by Gasteiger charge is 2.22. The fraction of sp³-hybridized carbons (Fsp3) is 0.250. The molecule has 3 aromatic heterocycles. The molecule has 0 aliphatic carbocycles. The quantitative estimate of drug-likeness (QED) is 0.520. The van der Waals surface area contributed by atoms with Crippen molar-refractivity contribution in [3.05, 3.63) is 52.0 Å². The molecule has 0 aliphatic heterocycles. The Morgan fingerprint density at radius 3 is 2.81 bits per heavy atom. The van der Waals surface area contributed by atoms with E-state index >= 15 is 0 Å². The molecule has 138 valence electrons. The van der Waals surface area contributed by atoms with E-state index in [2.05, 4.69) is 33.5 Å². The number of carbonyl (C=O) groups is 1. The molecule has 0 bridgehead atoms. The number of benzene rings is 1. The Morgan fingerprint density at radius 1 is 1.22 bits per heavy atom. The monoisotopic (exact) mass is 396 g/mol. The number of aromatic nitrogens is 2. The van der Waals surface area contributed by atoms with Crippen molar-refractivity contribution >= 4 is 54.7 Å². The van der Waals surface area contributed by atoms with Crippen LogP contribution in [0.1, 0.15) is 27.0 Å². The summed E-state index contributed by atoms with van der Waals surface area (Å²) in [6, 6.07) is 10.5. The second kappa shape index (κ2) is 7.25. The van der Waals surface area contributed by atoms with Gasteiger partial charge >= 0.3 is 0 Å². The summed E-state index contributed by atoms with van der Waals surface area (Å²) in [7, 11) is 1.85. The van der Waals surface area contributed by atoms with Gasteiger partial charge in [0.05, 0.1) is 16.8 Å². The molecule has 4 rings (SSSR count). The number of fused-ring (bicyclic) bond motifs is 2. The van der Waals surface area contributed by atoms with E-state index in [1.54, 1.807) is 22.6 Å². The van der Waals surface area contributed by atoms with Gasteiger partial charge in [0.15, 0.2) is 0 Å². The number of nitrogens with zero attached hydrogens (tertiary/aromatic N) is 3. The third-order valence-corrected chi connectivity index (χ3v) is 6.77. The maximum atomic E-state index is 13.1. The molecule has 0 spiro atoms. The molecule has 0 aliphatic rings. The Labute approximate surface area is 165 Å². The zero-order chi connectivity index (χ0) is 19.0. The van der Waals surface area contributed by atoms with Gasteiger partial charge in [-0.05, 0) is 36.9 Å². The Morgan fingerprint density at radius 2 is 2.04 bits per heavy atom. The van der Waals surface area contributed by atoms with Gasteiger partial charge in [0.25, 0.3) is 5.91 Å². The largest absolute Gasteiger partial charge is 0.370 e. The first-order chi connectivity index (χ1) is 13.1. The van der Waals surface area contributed by atoms with Gasteiger partial charge in [0.2, 0.25) is 0 Å². The summed E-state index contributed by atoms with van der Waals surface area (Å²) < 4.78 is 1.25. The van der Waals surface area contributed by atoms with Gasteiger partial charge in [-0.1, -0.05) is 18.2 Å². The van der Waals surface area contributed by atoms with E-state index in [1.807, 2.05) is 33.0 Å². The summed E-state index contributed by atoms with van der Waals surface area (Å²) in [5.74, 6) is 0.817. The number of rotatable bonds is 5. The summed E-state index contributed by atoms with van der Waals surface area (Å²) in [5, 5.41) is 5.43. The standard InChI is InChI=1S/C20H20N4OS2/c1-4-21-18-16-12(2)17(27-19(16)23-11-22-18)20(25)24(3)10-14-9-13-7-5-6-8-15(13)26-14/h5-9,11H,4,10H2,1-3H3,(H,21,22,23). The fourth-order valence-electron chi connectivity index (χ4n) is 3.17. The van der Waals surface area contributed by atoms with Crippen molar-refractivity contribution in [2.24, 2.45) is 0 Å². The summed E-state index contributed by atoms with van der Waals surface area (Å²) in [5.41, 5.74) is 0.944. The van der Waals surface area contributed by atoms with Crippen LogP contribution in [0, 0.1) is 6.92 Å². The number of hydrogen-bond donors (Lipinski definition) is 1. The van der Waals surface area contributed by atoms with Gasteiger partial charge in [-0.15, -0.1) is 22.7 Å². The Hall–Kier alpha value is -2.51. The first-order valence-electron chi connectivity index (χ1n) is 8.79. The Kier molecular flexibility index (Phi) is 4.80. The fourth-order valence-corrected chi connectivity index (χ4v) is 5.43. The van der Waals surface area contributed by atoms with Gasteiger partial charge in [-0.2, -0.15) is 0 Å². The highest BCUT2D eigenvalue weighted by atomic mass is 32.1. The predicted molar refractivity (Wildman–Crippen MR) is 114 cm³/mol. The molecule has 0 radical (unpaired) electrons. The van der Waals surface area contributed by atoms with Gasteiger partial charge in [-0.25, -0.2) is 9.97 Å². The highest BCUT2D eigenvalue weighted by Crippen LogP contribution is 2.34. The zero-order valence-corrected chi connectivity index (χ0v) is 17.1. The van der Waals surface area contributed by atoms with Crippen molar-refractivity contribution in [2.45, 2.75) is 20.4 Å². The first-order valence-corrected chi connectivity index (χ1v) is 10.4. The minimum atomic E-state index is 0.0235. The van der Waals surface area contributed by atoms with E-state index in [1.165, 1.54) is 26.3 Å². The number of hydrogen-bond acceptors (Lipinski definition) is 6. The molecular weight excluding hydrogens is 376 g/mol. The predicted octanol–water partition coefficient (Wildman–Crippen LogP) is 4.92. The van der Waals surface area contributed by atoms with Gasteiger partial charge in [0.1, 0.15) is 17.0 Å². The Bertz CT molecular complexity index is 1100. The average Bonchev–Trinajstić information content (AvgIpc) is 3.22. The van der Waals surface area contributed by atoms with Crippen molar-refractivity contribution in [3.8, 4) is 0 Å². The van der Waals surface area contributed by atoms with Crippen LogP contribution in [0.5, 0.6) is 0 Å². The van der Waals surface area contributed by atoms with E-state index in [-0.39, 0.29) is 5.91 Å². The van der Waals surface area contributed by atoms with E-state index in [9.17, 15) is 4.79 Å². The molecular formula is C20H20N4OS2. The lowest BCUT2D eigenvalue weighted by atomic mass is 10.2. The molecule has 0 saturated heterocycles. The van der Waals surface area contributed by atoms with Crippen LogP contribution < -0.4 is 5.32 Å². The molecule has 1 aromatic carbocycles. The van der Waals surface area contributed by atoms with Crippen LogP contribution in [-0.2, 0) is 6.54 Å². The van der Waals surface area contributed by atoms with Gasteiger partial charge < -0.3 is 10.2 Å². The van der Waals surface area contributed by atoms with Crippen LogP contribution in [0.25, 0.3) is 20.3 Å². The van der Waals surface area contributed by atoms with Crippen molar-refractivity contribution < 1.29 is 4.79 Å². The number of aryl methyl sites for hydroxylation is 1. The average molecular weight is 397 g/mol. The molecule has 0 atom stereocenters. The summed E-state index contributed by atoms with van der Waals surface area (Å²) in [6.45, 7) is 5.37. The van der Waals surface area contributed by atoms with E-state index in [4.69, 9.17) is 0 Å². The second-order valence-electron chi connectivity index (χ2n) is 6.40. The van der Waals surface area contributed by atoms with Crippen LogP contribution in [0.4, 0.5) is 5.82 Å². The molecule has 0 saturated carbocycles. The molecule has 0 fully saturated rings. The van der Waals surface area contributed by atoms with E-state index in [0.29, 0.717) is 6.54 Å². The van der Waals surface area contributed by atoms with E-state index in [0.717, 1.165) is 33.0 Å². The molecule has 0 unspecified atom stereocenters. The van der Waals surface area contributed by atoms with Crippen molar-refractivity contribution in [2.75, 3.05) is 18.9 Å². The van der Waals surface area contributed by atoms with Crippen LogP contribution in [0.3, 0.4) is 0 Å². The minimum Gasteiger partial charge on any atom is -0.370 e. The molecule has 27 heavy (non-hydrogen) atoms. The summed E-state index contributed by atoms with van der Waals surface area (Å²) in [4.78, 5) is 26.3. The maximum Gasteiger partial charge on any atom is 0.264 e. The minimum absolute atomic E-state index is 0.0235. The van der Waals surface area contributed by atoms with Gasteiger partial charge in [-0.3, -0.25) is 4.79 Å². The SMILES string of the molecule is CCNc1ncnc2sc(C(=O)N(C)Cc3cc4ccccc4s3)c(C)c12. The molecule has 7 heteroatoms. The first kappa shape index (κ1) is 17.9. The molecule has 3 heterocycles. The van der Waals surface area contributed by atoms with Crippen LogP contribution in [0.2, 0.25) is 0 Å². The summed E-state index contributed by atoms with van der Waals surface area (Å²) >= 11 is 3.17. The number of thiophene rings is 2. The lowest BCUT2D eigenvalue weighted by Gasteiger charge is -2.15. The zero-order valence-electron chi connectivity index (χ0n) is 15.4. The third-order valence-electron chi connectivity index (χ3n) is 4.48. The van der Waals surface area contributed by atoms with Crippen LogP contribution in [0.15, 0.2) is 36.7 Å². The van der Waals surface area contributed by atoms with Crippen LogP contribution >= 0.6 is 22.7 Å². The van der Waals surface area contributed by atoms with Crippen molar-refractivity contribution in [3.63, 3.8) is 0 Å². The number of amides is 1. The molecule has 4 aromatic rings. The van der Waals surface area contributed by atoms with Gasteiger partial charge in [0, 0.05) is 23.2 Å².